The predicted octanol–water partition coefficient (Wildman–Crippen LogP) is -0.495. The fraction of sp³-hybridized carbons (Fsp3) is 0.667. The molecule has 0 aromatic rings. The maximum absolute atomic E-state index is 12.0. The maximum atomic E-state index is 12.0. The van der Waals surface area contributed by atoms with E-state index in [1.807, 2.05) is 0 Å². The predicted molar refractivity (Wildman–Crippen MR) is 62.9 cm³/mol. The molecule has 19 heavy (non-hydrogen) atoms. The van der Waals surface area contributed by atoms with E-state index >= 15 is 0 Å². The van der Waals surface area contributed by atoms with E-state index in [1.54, 1.807) is 0 Å². The van der Waals surface area contributed by atoms with Crippen molar-refractivity contribution in [3.8, 4) is 0 Å². The van der Waals surface area contributed by atoms with Crippen LogP contribution in [0.15, 0.2) is 0 Å². The highest BCUT2D eigenvalue weighted by Gasteiger charge is 2.52. The average molecular weight is 268 g/mol. The quantitative estimate of drug-likeness (QED) is 0.530. The number of hydrogen-bond donors (Lipinski definition) is 2. The van der Waals surface area contributed by atoms with Gasteiger partial charge in [-0.05, 0) is 19.3 Å². The summed E-state index contributed by atoms with van der Waals surface area (Å²) < 4.78 is 0. The van der Waals surface area contributed by atoms with Gasteiger partial charge in [0.15, 0.2) is 0 Å². The molecule has 1 atom stereocenters. The summed E-state index contributed by atoms with van der Waals surface area (Å²) in [5.74, 6) is -2.53. The van der Waals surface area contributed by atoms with Gasteiger partial charge in [0, 0.05) is 13.5 Å². The largest absolute Gasteiger partial charge is 0.480 e. The lowest BCUT2D eigenvalue weighted by molar-refractivity contribution is -0.164. The van der Waals surface area contributed by atoms with Crippen LogP contribution >= 0.6 is 0 Å². The highest BCUT2D eigenvalue weighted by molar-refractivity contribution is 6.06. The van der Waals surface area contributed by atoms with Gasteiger partial charge in [-0.3, -0.25) is 24.1 Å². The molecule has 1 heterocycles. The number of likely N-dealkylation sites (tertiary alicyclic amines) is 1. The summed E-state index contributed by atoms with van der Waals surface area (Å²) in [7, 11) is 1.36. The van der Waals surface area contributed by atoms with Crippen molar-refractivity contribution in [1.82, 2.24) is 10.2 Å². The molecule has 1 aliphatic carbocycles. The standard InChI is InChI=1S/C12H16N2O5/c1-14-8(15)4-3-7(9(14)16)13-10(17)12(11(18)19)5-2-6-12/h7H,2-6H2,1H3,(H,13,17)(H,18,19). The van der Waals surface area contributed by atoms with Crippen molar-refractivity contribution in [2.24, 2.45) is 5.41 Å². The van der Waals surface area contributed by atoms with E-state index in [0.717, 1.165) is 4.90 Å². The van der Waals surface area contributed by atoms with Crippen molar-refractivity contribution in [2.75, 3.05) is 7.05 Å². The molecule has 7 nitrogen and oxygen atoms in total. The second kappa shape index (κ2) is 4.64. The van der Waals surface area contributed by atoms with Crippen LogP contribution in [0.5, 0.6) is 0 Å². The molecule has 104 valence electrons. The fourth-order valence-corrected chi connectivity index (χ4v) is 2.41. The number of hydrogen-bond acceptors (Lipinski definition) is 4. The van der Waals surface area contributed by atoms with Crippen LogP contribution < -0.4 is 5.32 Å². The van der Waals surface area contributed by atoms with Crippen LogP contribution in [0.4, 0.5) is 0 Å². The molecule has 2 N–H and O–H groups in total. The summed E-state index contributed by atoms with van der Waals surface area (Å²) in [6.07, 6.45) is 1.68. The highest BCUT2D eigenvalue weighted by atomic mass is 16.4. The topological polar surface area (TPSA) is 104 Å². The lowest BCUT2D eigenvalue weighted by atomic mass is 9.68. The number of carbonyl (C=O) groups excluding carboxylic acids is 3. The number of nitrogens with zero attached hydrogens (tertiary/aromatic N) is 1. The Balaban J connectivity index is 2.05. The molecule has 0 spiro atoms. The number of likely N-dealkylation sites (N-methyl/N-ethyl adjacent to an activating group) is 1. The summed E-state index contributed by atoms with van der Waals surface area (Å²) in [5, 5.41) is 11.6. The van der Waals surface area contributed by atoms with Crippen molar-refractivity contribution in [3.63, 3.8) is 0 Å². The minimum atomic E-state index is -1.39. The molecule has 0 aromatic carbocycles. The van der Waals surface area contributed by atoms with E-state index in [1.165, 1.54) is 7.05 Å². The smallest absolute Gasteiger partial charge is 0.319 e. The second-order valence-electron chi connectivity index (χ2n) is 5.10. The van der Waals surface area contributed by atoms with Gasteiger partial charge in [0.2, 0.25) is 11.8 Å². The lowest BCUT2D eigenvalue weighted by Crippen LogP contribution is -2.58. The molecule has 0 aromatic heterocycles. The van der Waals surface area contributed by atoms with Gasteiger partial charge in [-0.15, -0.1) is 0 Å². The summed E-state index contributed by atoms with van der Waals surface area (Å²) in [6, 6.07) is -0.799. The molecule has 1 saturated carbocycles. The van der Waals surface area contributed by atoms with Gasteiger partial charge in [0.1, 0.15) is 11.5 Å². The van der Waals surface area contributed by atoms with Gasteiger partial charge in [0.05, 0.1) is 0 Å². The van der Waals surface area contributed by atoms with Gasteiger partial charge >= 0.3 is 5.97 Å². The van der Waals surface area contributed by atoms with Crippen LogP contribution in [-0.2, 0) is 19.2 Å². The molecule has 3 amide bonds. The van der Waals surface area contributed by atoms with Crippen molar-refractivity contribution in [3.05, 3.63) is 0 Å². The molecule has 2 aliphatic rings. The number of carbonyl (C=O) groups is 4. The van der Waals surface area contributed by atoms with Crippen molar-refractivity contribution in [1.29, 1.82) is 0 Å². The molecule has 0 bridgehead atoms. The molecule has 2 fully saturated rings. The van der Waals surface area contributed by atoms with E-state index < -0.39 is 29.2 Å². The average Bonchev–Trinajstić information content (AvgIpc) is 2.28. The molecular weight excluding hydrogens is 252 g/mol. The third-order valence-electron chi connectivity index (χ3n) is 4.01. The third-order valence-corrected chi connectivity index (χ3v) is 4.01. The highest BCUT2D eigenvalue weighted by Crippen LogP contribution is 2.41. The first-order valence-electron chi connectivity index (χ1n) is 6.23. The van der Waals surface area contributed by atoms with Crippen molar-refractivity contribution >= 4 is 23.7 Å². The molecule has 1 saturated heterocycles. The minimum Gasteiger partial charge on any atom is -0.480 e. The zero-order valence-corrected chi connectivity index (χ0v) is 10.6. The van der Waals surface area contributed by atoms with Crippen LogP contribution in [0.2, 0.25) is 0 Å². The Morgan fingerprint density at radius 3 is 2.47 bits per heavy atom. The number of nitrogens with one attached hydrogen (secondary N) is 1. The van der Waals surface area contributed by atoms with Crippen molar-refractivity contribution in [2.45, 2.75) is 38.1 Å². The van der Waals surface area contributed by atoms with Gasteiger partial charge in [-0.25, -0.2) is 0 Å². The van der Waals surface area contributed by atoms with Crippen LogP contribution in [-0.4, -0.2) is 46.8 Å². The Morgan fingerprint density at radius 2 is 2.00 bits per heavy atom. The van der Waals surface area contributed by atoms with E-state index in [9.17, 15) is 19.2 Å². The van der Waals surface area contributed by atoms with Crippen LogP contribution in [0, 0.1) is 5.41 Å². The van der Waals surface area contributed by atoms with Crippen LogP contribution in [0.3, 0.4) is 0 Å². The zero-order chi connectivity index (χ0) is 14.2. The first kappa shape index (κ1) is 13.5. The minimum absolute atomic E-state index is 0.174. The Labute approximate surface area is 109 Å². The summed E-state index contributed by atoms with van der Waals surface area (Å²) in [5.41, 5.74) is -1.39. The molecule has 7 heteroatoms. The zero-order valence-electron chi connectivity index (χ0n) is 10.6. The number of piperidine rings is 1. The lowest BCUT2D eigenvalue weighted by Gasteiger charge is -2.38. The van der Waals surface area contributed by atoms with Crippen molar-refractivity contribution < 1.29 is 24.3 Å². The Morgan fingerprint density at radius 1 is 1.37 bits per heavy atom. The first-order chi connectivity index (χ1) is 8.88. The Hall–Kier alpha value is -1.92. The van der Waals surface area contributed by atoms with E-state index in [-0.39, 0.29) is 18.7 Å². The Kier molecular flexibility index (Phi) is 3.30. The van der Waals surface area contributed by atoms with E-state index in [2.05, 4.69) is 5.32 Å². The number of imide groups is 1. The number of rotatable bonds is 3. The maximum Gasteiger partial charge on any atom is 0.319 e. The summed E-state index contributed by atoms with van der Waals surface area (Å²) in [4.78, 5) is 47.3. The van der Waals surface area contributed by atoms with Crippen LogP contribution in [0.1, 0.15) is 32.1 Å². The number of carboxylic acid groups (broad SMARTS) is 1. The molecule has 1 unspecified atom stereocenters. The molecular formula is C12H16N2O5. The van der Waals surface area contributed by atoms with Crippen LogP contribution in [0.25, 0.3) is 0 Å². The van der Waals surface area contributed by atoms with Gasteiger partial charge in [-0.1, -0.05) is 6.42 Å². The van der Waals surface area contributed by atoms with Gasteiger partial charge in [-0.2, -0.15) is 0 Å². The summed E-state index contributed by atoms with van der Waals surface area (Å²) in [6.45, 7) is 0. The fourth-order valence-electron chi connectivity index (χ4n) is 2.41. The van der Waals surface area contributed by atoms with Gasteiger partial charge < -0.3 is 10.4 Å². The van der Waals surface area contributed by atoms with Gasteiger partial charge in [0.25, 0.3) is 5.91 Å². The molecule has 2 rings (SSSR count). The number of carboxylic acids is 1. The monoisotopic (exact) mass is 268 g/mol. The molecule has 1 aliphatic heterocycles. The SMILES string of the molecule is CN1C(=O)CCC(NC(=O)C2(C(=O)O)CCC2)C1=O. The number of amides is 3. The van der Waals surface area contributed by atoms with E-state index in [4.69, 9.17) is 5.11 Å². The number of aliphatic carboxylic acids is 1. The normalized spacial score (nSPS) is 25.7. The first-order valence-corrected chi connectivity index (χ1v) is 6.23. The Bertz CT molecular complexity index is 455. The second-order valence-corrected chi connectivity index (χ2v) is 5.10. The van der Waals surface area contributed by atoms with E-state index in [0.29, 0.717) is 19.3 Å². The summed E-state index contributed by atoms with van der Waals surface area (Å²) >= 11 is 0. The molecule has 0 radical (unpaired) electrons. The third kappa shape index (κ3) is 2.09.